The summed E-state index contributed by atoms with van der Waals surface area (Å²) in [4.78, 5) is 14.7. The minimum Gasteiger partial charge on any atom is -0.336 e. The van der Waals surface area contributed by atoms with Crippen molar-refractivity contribution in [3.8, 4) is 0 Å². The molecule has 22 heavy (non-hydrogen) atoms. The Morgan fingerprint density at radius 3 is 2.68 bits per heavy atom. The summed E-state index contributed by atoms with van der Waals surface area (Å²) in [5, 5.41) is 7.60. The number of carbonyl (C=O) groups excluding carboxylic acids is 1. The number of amides is 1. The van der Waals surface area contributed by atoms with E-state index in [1.165, 1.54) is 5.56 Å². The van der Waals surface area contributed by atoms with Crippen LogP contribution < -0.4 is 5.32 Å². The van der Waals surface area contributed by atoms with Crippen molar-refractivity contribution < 1.29 is 4.79 Å². The monoisotopic (exact) mass is 348 g/mol. The van der Waals surface area contributed by atoms with Crippen LogP contribution in [0.1, 0.15) is 43.7 Å². The molecule has 0 aromatic carbocycles. The van der Waals surface area contributed by atoms with Gasteiger partial charge in [0.15, 0.2) is 0 Å². The van der Waals surface area contributed by atoms with Crippen LogP contribution in [-0.4, -0.2) is 40.2 Å². The molecule has 3 heterocycles. The average molecular weight is 349 g/mol. The van der Waals surface area contributed by atoms with Crippen molar-refractivity contribution in [3.05, 3.63) is 18.0 Å². The van der Waals surface area contributed by atoms with Crippen molar-refractivity contribution in [2.45, 2.75) is 38.1 Å². The van der Waals surface area contributed by atoms with Gasteiger partial charge in [0, 0.05) is 31.8 Å². The molecule has 2 saturated heterocycles. The number of hydrogen-bond donors (Lipinski definition) is 1. The molecule has 1 atom stereocenters. The van der Waals surface area contributed by atoms with Crippen LogP contribution in [0.15, 0.2) is 12.4 Å². The second kappa shape index (κ2) is 8.75. The summed E-state index contributed by atoms with van der Waals surface area (Å²) in [6.45, 7) is 3.03. The molecule has 2 aliphatic rings. The van der Waals surface area contributed by atoms with Gasteiger partial charge in [-0.05, 0) is 44.7 Å². The minimum atomic E-state index is 0. The van der Waals surface area contributed by atoms with Crippen LogP contribution in [0.2, 0.25) is 0 Å². The zero-order valence-corrected chi connectivity index (χ0v) is 14.7. The van der Waals surface area contributed by atoms with Crippen LogP contribution in [-0.2, 0) is 11.8 Å². The number of aromatic nitrogens is 2. The standard InChI is InChI=1S/C15H24N4O.2ClH/c1-18-11-13(10-17-18)14-3-2-8-19(14)15(20)9-12-4-6-16-7-5-12;;/h10-12,14,16H,2-9H2,1H3;2*1H. The highest BCUT2D eigenvalue weighted by molar-refractivity contribution is 5.85. The predicted molar refractivity (Wildman–Crippen MR) is 91.6 cm³/mol. The summed E-state index contributed by atoms with van der Waals surface area (Å²) < 4.78 is 1.82. The van der Waals surface area contributed by atoms with E-state index in [2.05, 4.69) is 15.3 Å². The number of nitrogens with one attached hydrogen (secondary N) is 1. The molecule has 0 radical (unpaired) electrons. The lowest BCUT2D eigenvalue weighted by atomic mass is 9.94. The lowest BCUT2D eigenvalue weighted by Crippen LogP contribution is -2.35. The topological polar surface area (TPSA) is 50.2 Å². The fourth-order valence-corrected chi connectivity index (χ4v) is 3.47. The number of rotatable bonds is 3. The maximum atomic E-state index is 12.6. The van der Waals surface area contributed by atoms with Gasteiger partial charge in [0.1, 0.15) is 0 Å². The van der Waals surface area contributed by atoms with E-state index < -0.39 is 0 Å². The molecule has 2 aliphatic heterocycles. The molecule has 0 spiro atoms. The second-order valence-corrected chi connectivity index (χ2v) is 6.09. The maximum Gasteiger partial charge on any atom is 0.223 e. The molecule has 5 nitrogen and oxygen atoms in total. The number of carbonyl (C=O) groups is 1. The highest BCUT2D eigenvalue weighted by atomic mass is 35.5. The molecule has 7 heteroatoms. The Balaban J connectivity index is 0.00000121. The summed E-state index contributed by atoms with van der Waals surface area (Å²) >= 11 is 0. The fraction of sp³-hybridized carbons (Fsp3) is 0.733. The molecular weight excluding hydrogens is 323 g/mol. The van der Waals surface area contributed by atoms with E-state index in [1.807, 2.05) is 24.1 Å². The van der Waals surface area contributed by atoms with Crippen LogP contribution in [0, 0.1) is 5.92 Å². The predicted octanol–water partition coefficient (Wildman–Crippen LogP) is 2.32. The zero-order valence-electron chi connectivity index (χ0n) is 13.0. The minimum absolute atomic E-state index is 0. The van der Waals surface area contributed by atoms with Crippen molar-refractivity contribution >= 4 is 30.7 Å². The third-order valence-corrected chi connectivity index (χ3v) is 4.60. The molecule has 1 aromatic rings. The maximum absolute atomic E-state index is 12.6. The SMILES string of the molecule is Cl.Cl.Cn1cc(C2CCCN2C(=O)CC2CCNCC2)cn1. The first-order valence-electron chi connectivity index (χ1n) is 7.73. The van der Waals surface area contributed by atoms with E-state index in [-0.39, 0.29) is 30.9 Å². The van der Waals surface area contributed by atoms with E-state index in [1.54, 1.807) is 0 Å². The molecule has 1 aromatic heterocycles. The van der Waals surface area contributed by atoms with Gasteiger partial charge in [0.25, 0.3) is 0 Å². The zero-order chi connectivity index (χ0) is 13.9. The summed E-state index contributed by atoms with van der Waals surface area (Å²) in [5.74, 6) is 0.905. The third kappa shape index (κ3) is 4.37. The molecule has 0 saturated carbocycles. The molecule has 2 fully saturated rings. The van der Waals surface area contributed by atoms with Gasteiger partial charge in [-0.25, -0.2) is 0 Å². The lowest BCUT2D eigenvalue weighted by molar-refractivity contribution is -0.133. The van der Waals surface area contributed by atoms with Crippen LogP contribution in [0.5, 0.6) is 0 Å². The van der Waals surface area contributed by atoms with Crippen LogP contribution in [0.3, 0.4) is 0 Å². The number of likely N-dealkylation sites (tertiary alicyclic amines) is 1. The van der Waals surface area contributed by atoms with E-state index in [0.717, 1.165) is 51.7 Å². The first-order chi connectivity index (χ1) is 9.74. The normalized spacial score (nSPS) is 22.0. The summed E-state index contributed by atoms with van der Waals surface area (Å²) in [7, 11) is 1.93. The van der Waals surface area contributed by atoms with E-state index in [0.29, 0.717) is 11.8 Å². The van der Waals surface area contributed by atoms with Crippen molar-refractivity contribution in [2.75, 3.05) is 19.6 Å². The van der Waals surface area contributed by atoms with Crippen LogP contribution >= 0.6 is 24.8 Å². The molecule has 1 amide bonds. The Bertz CT molecular complexity index is 474. The van der Waals surface area contributed by atoms with Gasteiger partial charge in [-0.3, -0.25) is 9.48 Å². The number of nitrogens with zero attached hydrogens (tertiary/aromatic N) is 3. The molecule has 1 N–H and O–H groups in total. The first kappa shape index (κ1) is 19.3. The Hall–Kier alpha value is -0.780. The number of halogens is 2. The van der Waals surface area contributed by atoms with Crippen LogP contribution in [0.25, 0.3) is 0 Å². The van der Waals surface area contributed by atoms with Crippen molar-refractivity contribution in [2.24, 2.45) is 13.0 Å². The van der Waals surface area contributed by atoms with Crippen molar-refractivity contribution in [1.29, 1.82) is 0 Å². The number of hydrogen-bond acceptors (Lipinski definition) is 3. The van der Waals surface area contributed by atoms with Gasteiger partial charge in [0.2, 0.25) is 5.91 Å². The largest absolute Gasteiger partial charge is 0.336 e. The molecule has 0 aliphatic carbocycles. The molecule has 126 valence electrons. The Kier molecular flexibility index (Phi) is 7.66. The van der Waals surface area contributed by atoms with E-state index in [4.69, 9.17) is 0 Å². The fourth-order valence-electron chi connectivity index (χ4n) is 3.47. The van der Waals surface area contributed by atoms with Gasteiger partial charge in [-0.2, -0.15) is 5.10 Å². The Labute approximate surface area is 144 Å². The quantitative estimate of drug-likeness (QED) is 0.911. The average Bonchev–Trinajstić information content (AvgIpc) is 3.08. The molecule has 3 rings (SSSR count). The molecule has 1 unspecified atom stereocenters. The van der Waals surface area contributed by atoms with E-state index >= 15 is 0 Å². The highest BCUT2D eigenvalue weighted by Gasteiger charge is 2.31. The van der Waals surface area contributed by atoms with Crippen molar-refractivity contribution in [1.82, 2.24) is 20.0 Å². The van der Waals surface area contributed by atoms with Gasteiger partial charge in [0.05, 0.1) is 12.2 Å². The van der Waals surface area contributed by atoms with Gasteiger partial charge < -0.3 is 10.2 Å². The Morgan fingerprint density at radius 1 is 1.32 bits per heavy atom. The van der Waals surface area contributed by atoms with Crippen LogP contribution in [0.4, 0.5) is 0 Å². The third-order valence-electron chi connectivity index (χ3n) is 4.60. The van der Waals surface area contributed by atoms with Gasteiger partial charge in [-0.1, -0.05) is 0 Å². The van der Waals surface area contributed by atoms with E-state index in [9.17, 15) is 4.79 Å². The van der Waals surface area contributed by atoms with Gasteiger partial charge in [-0.15, -0.1) is 24.8 Å². The molecular formula is C15H26Cl2N4O. The second-order valence-electron chi connectivity index (χ2n) is 6.09. The number of piperidine rings is 1. The highest BCUT2D eigenvalue weighted by Crippen LogP contribution is 2.33. The number of aryl methyl sites for hydroxylation is 1. The summed E-state index contributed by atoms with van der Waals surface area (Å²) in [6.07, 6.45) is 9.12. The smallest absolute Gasteiger partial charge is 0.223 e. The van der Waals surface area contributed by atoms with Crippen molar-refractivity contribution in [3.63, 3.8) is 0 Å². The summed E-state index contributed by atoms with van der Waals surface area (Å²) in [5.41, 5.74) is 1.18. The summed E-state index contributed by atoms with van der Waals surface area (Å²) in [6, 6.07) is 0.248. The lowest BCUT2D eigenvalue weighted by Gasteiger charge is -2.28. The first-order valence-corrected chi connectivity index (χ1v) is 7.73. The Morgan fingerprint density at radius 2 is 2.05 bits per heavy atom. The van der Waals surface area contributed by atoms with Gasteiger partial charge >= 0.3 is 0 Å². The molecule has 0 bridgehead atoms.